The maximum Gasteiger partial charge on any atom is 0.260 e. The summed E-state index contributed by atoms with van der Waals surface area (Å²) in [5, 5.41) is 4.97. The van der Waals surface area contributed by atoms with Crippen LogP contribution >= 0.6 is 11.3 Å². The van der Waals surface area contributed by atoms with Gasteiger partial charge in [0.2, 0.25) is 0 Å². The number of aromatic nitrogens is 2. The minimum atomic E-state index is -0.116. The number of aryl methyl sites for hydroxylation is 1. The third-order valence-corrected chi connectivity index (χ3v) is 6.25. The van der Waals surface area contributed by atoms with Gasteiger partial charge in [-0.05, 0) is 35.4 Å². The number of aromatic amines is 1. The fourth-order valence-corrected chi connectivity index (χ4v) is 4.89. The van der Waals surface area contributed by atoms with Crippen LogP contribution in [0.25, 0.3) is 32.1 Å². The SMILES string of the molecule is COc1ccc(C)cc1-c1csc2nc(Cc3cccc4ccccc34)[nH]c(=O)c12. The first-order valence-electron chi connectivity index (χ1n) is 9.76. The van der Waals surface area contributed by atoms with Crippen molar-refractivity contribution in [2.75, 3.05) is 7.11 Å². The Morgan fingerprint density at radius 3 is 2.73 bits per heavy atom. The van der Waals surface area contributed by atoms with Gasteiger partial charge >= 0.3 is 0 Å². The van der Waals surface area contributed by atoms with Crippen molar-refractivity contribution < 1.29 is 4.74 Å². The fourth-order valence-electron chi connectivity index (χ4n) is 3.93. The molecule has 1 N–H and O–H groups in total. The van der Waals surface area contributed by atoms with E-state index >= 15 is 0 Å². The van der Waals surface area contributed by atoms with Crippen molar-refractivity contribution in [3.05, 3.63) is 93.3 Å². The van der Waals surface area contributed by atoms with Crippen molar-refractivity contribution in [1.29, 1.82) is 0 Å². The molecule has 4 nitrogen and oxygen atoms in total. The summed E-state index contributed by atoms with van der Waals surface area (Å²) >= 11 is 1.49. The smallest absolute Gasteiger partial charge is 0.260 e. The van der Waals surface area contributed by atoms with E-state index in [1.807, 2.05) is 48.7 Å². The normalized spacial score (nSPS) is 11.3. The molecule has 2 aromatic heterocycles. The predicted octanol–water partition coefficient (Wildman–Crippen LogP) is 5.71. The van der Waals surface area contributed by atoms with Gasteiger partial charge in [0.15, 0.2) is 0 Å². The number of H-pyrrole nitrogens is 1. The molecule has 0 aliphatic heterocycles. The Hall–Kier alpha value is -3.44. The topological polar surface area (TPSA) is 55.0 Å². The first-order valence-corrected chi connectivity index (χ1v) is 10.6. The minimum Gasteiger partial charge on any atom is -0.496 e. The summed E-state index contributed by atoms with van der Waals surface area (Å²) in [7, 11) is 1.65. The maximum absolute atomic E-state index is 13.1. The molecule has 3 aromatic carbocycles. The lowest BCUT2D eigenvalue weighted by molar-refractivity contribution is 0.416. The molecule has 30 heavy (non-hydrogen) atoms. The standard InChI is InChI=1S/C25H20N2O2S/c1-15-10-11-21(29-2)19(12-15)20-14-30-25-23(20)24(28)26-22(27-25)13-17-8-5-7-16-6-3-4-9-18(16)17/h3-12,14H,13H2,1-2H3,(H,26,27,28). The van der Waals surface area contributed by atoms with Gasteiger partial charge in [-0.15, -0.1) is 11.3 Å². The van der Waals surface area contributed by atoms with E-state index in [2.05, 4.69) is 29.2 Å². The van der Waals surface area contributed by atoms with Crippen molar-refractivity contribution in [2.45, 2.75) is 13.3 Å². The van der Waals surface area contributed by atoms with E-state index in [0.717, 1.165) is 32.8 Å². The van der Waals surface area contributed by atoms with E-state index in [9.17, 15) is 4.79 Å². The van der Waals surface area contributed by atoms with Gasteiger partial charge in [0.1, 0.15) is 16.4 Å². The number of rotatable bonds is 4. The van der Waals surface area contributed by atoms with Gasteiger partial charge < -0.3 is 9.72 Å². The molecule has 0 aliphatic carbocycles. The molecule has 0 spiro atoms. The summed E-state index contributed by atoms with van der Waals surface area (Å²) < 4.78 is 5.53. The number of hydrogen-bond donors (Lipinski definition) is 1. The molecule has 148 valence electrons. The van der Waals surface area contributed by atoms with E-state index in [-0.39, 0.29) is 5.56 Å². The molecule has 0 saturated carbocycles. The molecule has 0 saturated heterocycles. The second kappa shape index (κ2) is 7.43. The van der Waals surface area contributed by atoms with E-state index in [0.29, 0.717) is 17.6 Å². The van der Waals surface area contributed by atoms with Gasteiger partial charge in [0, 0.05) is 22.9 Å². The third-order valence-electron chi connectivity index (χ3n) is 5.38. The molecule has 0 bridgehead atoms. The number of hydrogen-bond acceptors (Lipinski definition) is 4. The van der Waals surface area contributed by atoms with Gasteiger partial charge in [0.05, 0.1) is 12.5 Å². The number of nitrogens with one attached hydrogen (secondary N) is 1. The third kappa shape index (κ3) is 3.17. The largest absolute Gasteiger partial charge is 0.496 e. The van der Waals surface area contributed by atoms with E-state index in [1.54, 1.807) is 7.11 Å². The lowest BCUT2D eigenvalue weighted by atomic mass is 10.0. The van der Waals surface area contributed by atoms with Gasteiger partial charge in [-0.3, -0.25) is 4.79 Å². The van der Waals surface area contributed by atoms with Gasteiger partial charge in [-0.25, -0.2) is 4.98 Å². The number of methoxy groups -OCH3 is 1. The molecule has 0 aliphatic rings. The summed E-state index contributed by atoms with van der Waals surface area (Å²) in [6, 6.07) is 20.5. The summed E-state index contributed by atoms with van der Waals surface area (Å²) in [5.74, 6) is 1.42. The highest BCUT2D eigenvalue weighted by molar-refractivity contribution is 7.17. The first kappa shape index (κ1) is 18.6. The quantitative estimate of drug-likeness (QED) is 0.411. The van der Waals surface area contributed by atoms with Gasteiger partial charge in [0.25, 0.3) is 5.56 Å². The Labute approximate surface area is 177 Å². The van der Waals surface area contributed by atoms with Crippen molar-refractivity contribution in [1.82, 2.24) is 9.97 Å². The Morgan fingerprint density at radius 1 is 1.03 bits per heavy atom. The lowest BCUT2D eigenvalue weighted by Crippen LogP contribution is -2.12. The molecule has 2 heterocycles. The highest BCUT2D eigenvalue weighted by atomic mass is 32.1. The van der Waals surface area contributed by atoms with Crippen LogP contribution in [-0.4, -0.2) is 17.1 Å². The van der Waals surface area contributed by atoms with Crippen LogP contribution in [-0.2, 0) is 6.42 Å². The summed E-state index contributed by atoms with van der Waals surface area (Å²) in [5.41, 5.74) is 3.92. The molecule has 0 radical (unpaired) electrons. The zero-order valence-electron chi connectivity index (χ0n) is 16.7. The van der Waals surface area contributed by atoms with Crippen LogP contribution in [0.2, 0.25) is 0 Å². The van der Waals surface area contributed by atoms with E-state index in [1.165, 1.54) is 22.1 Å². The highest BCUT2D eigenvalue weighted by Crippen LogP contribution is 2.37. The minimum absolute atomic E-state index is 0.116. The molecule has 0 unspecified atom stereocenters. The van der Waals surface area contributed by atoms with Crippen LogP contribution in [0, 0.1) is 6.92 Å². The summed E-state index contributed by atoms with van der Waals surface area (Å²) in [4.78, 5) is 21.6. The van der Waals surface area contributed by atoms with Crippen LogP contribution in [0.1, 0.15) is 17.0 Å². The second-order valence-corrected chi connectivity index (χ2v) is 8.22. The van der Waals surface area contributed by atoms with Gasteiger partial charge in [-0.2, -0.15) is 0 Å². The molecule has 5 aromatic rings. The number of thiophene rings is 1. The second-order valence-electron chi connectivity index (χ2n) is 7.36. The van der Waals surface area contributed by atoms with Crippen LogP contribution in [0.3, 0.4) is 0 Å². The first-order chi connectivity index (χ1) is 14.6. The van der Waals surface area contributed by atoms with Gasteiger partial charge in [-0.1, -0.05) is 54.1 Å². The maximum atomic E-state index is 13.1. The highest BCUT2D eigenvalue weighted by Gasteiger charge is 2.16. The van der Waals surface area contributed by atoms with E-state index in [4.69, 9.17) is 9.72 Å². The average molecular weight is 413 g/mol. The van der Waals surface area contributed by atoms with Crippen molar-refractivity contribution in [2.24, 2.45) is 0 Å². The van der Waals surface area contributed by atoms with Crippen LogP contribution in [0.5, 0.6) is 5.75 Å². The summed E-state index contributed by atoms with van der Waals surface area (Å²) in [6.45, 7) is 2.03. The lowest BCUT2D eigenvalue weighted by Gasteiger charge is -2.09. The Bertz CT molecular complexity index is 1440. The molecule has 0 atom stereocenters. The zero-order chi connectivity index (χ0) is 20.7. The Kier molecular flexibility index (Phi) is 4.60. The van der Waals surface area contributed by atoms with Crippen LogP contribution in [0.15, 0.2) is 70.8 Å². The number of benzene rings is 3. The van der Waals surface area contributed by atoms with Crippen molar-refractivity contribution in [3.8, 4) is 16.9 Å². The number of nitrogens with zero attached hydrogens (tertiary/aromatic N) is 1. The van der Waals surface area contributed by atoms with Crippen molar-refractivity contribution in [3.63, 3.8) is 0 Å². The molecular formula is C25H20N2O2S. The van der Waals surface area contributed by atoms with E-state index < -0.39 is 0 Å². The van der Waals surface area contributed by atoms with Crippen molar-refractivity contribution >= 4 is 32.3 Å². The zero-order valence-corrected chi connectivity index (χ0v) is 17.5. The average Bonchev–Trinajstić information content (AvgIpc) is 3.18. The van der Waals surface area contributed by atoms with Crippen LogP contribution in [0.4, 0.5) is 0 Å². The fraction of sp³-hybridized carbons (Fsp3) is 0.120. The number of fused-ring (bicyclic) bond motifs is 2. The molecule has 5 rings (SSSR count). The molecule has 0 fully saturated rings. The number of ether oxygens (including phenoxy) is 1. The monoisotopic (exact) mass is 412 g/mol. The molecule has 5 heteroatoms. The summed E-state index contributed by atoms with van der Waals surface area (Å²) in [6.07, 6.45) is 0.577. The molecule has 0 amide bonds. The molecular weight excluding hydrogens is 392 g/mol. The Balaban J connectivity index is 1.61. The van der Waals surface area contributed by atoms with Crippen LogP contribution < -0.4 is 10.3 Å². The predicted molar refractivity (Wildman–Crippen MR) is 124 cm³/mol. The Morgan fingerprint density at radius 2 is 1.87 bits per heavy atom.